The van der Waals surface area contributed by atoms with Gasteiger partial charge >= 0.3 is 0 Å². The van der Waals surface area contributed by atoms with Gasteiger partial charge in [-0.25, -0.2) is 8.42 Å². The third-order valence-corrected chi connectivity index (χ3v) is 6.87. The van der Waals surface area contributed by atoms with Crippen molar-refractivity contribution in [2.75, 3.05) is 23.3 Å². The molecule has 10 nitrogen and oxygen atoms in total. The summed E-state index contributed by atoms with van der Waals surface area (Å²) in [5, 5.41) is 14.1. The Morgan fingerprint density at radius 3 is 2.36 bits per heavy atom. The third-order valence-electron chi connectivity index (χ3n) is 5.10. The van der Waals surface area contributed by atoms with E-state index >= 15 is 0 Å². The molecule has 0 atom stereocenters. The fraction of sp³-hybridized carbons (Fsp3) is 0.240. The van der Waals surface area contributed by atoms with Crippen LogP contribution in [0.5, 0.6) is 11.5 Å². The van der Waals surface area contributed by atoms with Crippen LogP contribution in [-0.4, -0.2) is 39.0 Å². The third kappa shape index (κ3) is 6.30. The van der Waals surface area contributed by atoms with Crippen LogP contribution in [0.25, 0.3) is 0 Å². The Balaban J connectivity index is 1.96. The Labute approximate surface area is 209 Å². The lowest BCUT2D eigenvalue weighted by Crippen LogP contribution is -2.38. The second-order valence-electron chi connectivity index (χ2n) is 8.16. The van der Waals surface area contributed by atoms with Gasteiger partial charge in [0.2, 0.25) is 5.91 Å². The highest BCUT2D eigenvalue weighted by Crippen LogP contribution is 2.29. The number of nitrogens with one attached hydrogen (secondary N) is 1. The molecule has 0 fully saturated rings. The summed E-state index contributed by atoms with van der Waals surface area (Å²) in [6.45, 7) is 4.68. The molecule has 3 rings (SSSR count). The number of sulfonamides is 1. The SMILES string of the molecule is COc1ccc(N(CC(=O)Nc2cccc(OC(C)C)c2)S(=O)(=O)c2ccc(C)c([N+](=O)[O-])c2)cc1. The molecule has 0 aliphatic rings. The van der Waals surface area contributed by atoms with Crippen LogP contribution in [0.15, 0.2) is 71.6 Å². The molecule has 1 amide bonds. The fourth-order valence-corrected chi connectivity index (χ4v) is 4.83. The highest BCUT2D eigenvalue weighted by molar-refractivity contribution is 7.92. The lowest BCUT2D eigenvalue weighted by molar-refractivity contribution is -0.385. The topological polar surface area (TPSA) is 128 Å². The zero-order chi connectivity index (χ0) is 26.5. The van der Waals surface area contributed by atoms with Crippen molar-refractivity contribution in [2.24, 2.45) is 0 Å². The first-order chi connectivity index (χ1) is 17.0. The first-order valence-corrected chi connectivity index (χ1v) is 12.4. The molecule has 0 spiro atoms. The number of nitrogens with zero attached hydrogens (tertiary/aromatic N) is 2. The molecule has 0 bridgehead atoms. The number of hydrogen-bond donors (Lipinski definition) is 1. The van der Waals surface area contributed by atoms with E-state index in [-0.39, 0.29) is 22.4 Å². The maximum Gasteiger partial charge on any atom is 0.273 e. The molecule has 0 aliphatic heterocycles. The Morgan fingerprint density at radius 2 is 1.75 bits per heavy atom. The molecule has 3 aromatic rings. The lowest BCUT2D eigenvalue weighted by Gasteiger charge is -2.24. The van der Waals surface area contributed by atoms with Crippen molar-refractivity contribution in [3.63, 3.8) is 0 Å². The highest BCUT2D eigenvalue weighted by Gasteiger charge is 2.29. The average Bonchev–Trinajstić information content (AvgIpc) is 2.82. The van der Waals surface area contributed by atoms with E-state index < -0.39 is 27.4 Å². The van der Waals surface area contributed by atoms with Crippen LogP contribution in [0, 0.1) is 17.0 Å². The number of benzene rings is 3. The van der Waals surface area contributed by atoms with Gasteiger partial charge < -0.3 is 14.8 Å². The van der Waals surface area contributed by atoms with Crippen molar-refractivity contribution < 1.29 is 27.6 Å². The van der Waals surface area contributed by atoms with Crippen molar-refractivity contribution in [3.05, 3.63) is 82.4 Å². The number of aryl methyl sites for hydroxylation is 1. The van der Waals surface area contributed by atoms with Crippen molar-refractivity contribution >= 4 is 33.0 Å². The Hall–Kier alpha value is -4.12. The fourth-order valence-electron chi connectivity index (χ4n) is 3.39. The van der Waals surface area contributed by atoms with Gasteiger partial charge in [0.05, 0.1) is 28.7 Å². The summed E-state index contributed by atoms with van der Waals surface area (Å²) in [5.74, 6) is 0.431. The number of carbonyl (C=O) groups excluding carboxylic acids is 1. The summed E-state index contributed by atoms with van der Waals surface area (Å²) < 4.78 is 38.9. The molecule has 190 valence electrons. The van der Waals surface area contributed by atoms with E-state index in [0.717, 1.165) is 10.4 Å². The maximum atomic E-state index is 13.6. The Kier molecular flexibility index (Phi) is 8.15. The number of ether oxygens (including phenoxy) is 2. The van der Waals surface area contributed by atoms with Gasteiger partial charge in [0.15, 0.2) is 0 Å². The second-order valence-corrected chi connectivity index (χ2v) is 10.0. The van der Waals surface area contributed by atoms with Crippen molar-refractivity contribution in [2.45, 2.75) is 31.8 Å². The van der Waals surface area contributed by atoms with Gasteiger partial charge in [0, 0.05) is 23.4 Å². The first-order valence-electron chi connectivity index (χ1n) is 11.0. The number of anilines is 2. The Morgan fingerprint density at radius 1 is 1.06 bits per heavy atom. The number of nitro groups is 1. The minimum absolute atomic E-state index is 0.0646. The van der Waals surface area contributed by atoms with Gasteiger partial charge in [-0.1, -0.05) is 12.1 Å². The molecule has 0 radical (unpaired) electrons. The van der Waals surface area contributed by atoms with Gasteiger partial charge in [0.1, 0.15) is 18.0 Å². The van der Waals surface area contributed by atoms with Crippen molar-refractivity contribution in [3.8, 4) is 11.5 Å². The van der Waals surface area contributed by atoms with Crippen molar-refractivity contribution in [1.29, 1.82) is 0 Å². The predicted molar refractivity (Wildman–Crippen MR) is 136 cm³/mol. The zero-order valence-electron chi connectivity index (χ0n) is 20.3. The van der Waals surface area contributed by atoms with Crippen LogP contribution >= 0.6 is 0 Å². The number of hydrogen-bond acceptors (Lipinski definition) is 7. The molecule has 0 aliphatic carbocycles. The summed E-state index contributed by atoms with van der Waals surface area (Å²) in [7, 11) is -2.88. The van der Waals surface area contributed by atoms with E-state index in [2.05, 4.69) is 5.32 Å². The minimum Gasteiger partial charge on any atom is -0.497 e. The maximum absolute atomic E-state index is 13.6. The quantitative estimate of drug-likeness (QED) is 0.311. The average molecular weight is 514 g/mol. The second kappa shape index (κ2) is 11.1. The van der Waals surface area contributed by atoms with Crippen LogP contribution in [0.3, 0.4) is 0 Å². The number of nitro benzene ring substituents is 1. The molecular weight excluding hydrogens is 486 g/mol. The van der Waals surface area contributed by atoms with E-state index in [1.807, 2.05) is 13.8 Å². The summed E-state index contributed by atoms with van der Waals surface area (Å²) in [5.41, 5.74) is 0.593. The lowest BCUT2D eigenvalue weighted by atomic mass is 10.2. The number of rotatable bonds is 10. The number of amides is 1. The molecule has 0 unspecified atom stereocenters. The van der Waals surface area contributed by atoms with Crippen molar-refractivity contribution in [1.82, 2.24) is 0 Å². The number of carbonyl (C=O) groups is 1. The summed E-state index contributed by atoms with van der Waals surface area (Å²) in [4.78, 5) is 23.4. The minimum atomic E-state index is -4.36. The monoisotopic (exact) mass is 513 g/mol. The molecule has 3 aromatic carbocycles. The summed E-state index contributed by atoms with van der Waals surface area (Å²) in [6, 6.07) is 16.5. The largest absolute Gasteiger partial charge is 0.497 e. The van der Waals surface area contributed by atoms with Crippen LogP contribution < -0.4 is 19.1 Å². The first kappa shape index (κ1) is 26.5. The molecule has 0 aromatic heterocycles. The molecule has 36 heavy (non-hydrogen) atoms. The molecule has 11 heteroatoms. The summed E-state index contributed by atoms with van der Waals surface area (Å²) in [6.07, 6.45) is -0.0646. The van der Waals surface area contributed by atoms with E-state index in [4.69, 9.17) is 9.47 Å². The predicted octanol–water partition coefficient (Wildman–Crippen LogP) is 4.53. The Bertz CT molecular complexity index is 1360. The number of methoxy groups -OCH3 is 1. The van der Waals surface area contributed by atoms with Crippen LogP contribution in [0.1, 0.15) is 19.4 Å². The normalized spacial score (nSPS) is 11.1. The summed E-state index contributed by atoms with van der Waals surface area (Å²) >= 11 is 0. The van der Waals surface area contributed by atoms with Gasteiger partial charge in [-0.2, -0.15) is 0 Å². The van der Waals surface area contributed by atoms with Crippen LogP contribution in [0.2, 0.25) is 0 Å². The van der Waals surface area contributed by atoms with Crippen LogP contribution in [0.4, 0.5) is 17.1 Å². The van der Waals surface area contributed by atoms with Gasteiger partial charge in [0.25, 0.3) is 15.7 Å². The molecular formula is C25H27N3O7S. The van der Waals surface area contributed by atoms with Crippen LogP contribution in [-0.2, 0) is 14.8 Å². The molecule has 0 saturated heterocycles. The zero-order valence-corrected chi connectivity index (χ0v) is 21.1. The smallest absolute Gasteiger partial charge is 0.273 e. The van der Waals surface area contributed by atoms with E-state index in [0.29, 0.717) is 22.7 Å². The molecule has 0 heterocycles. The van der Waals surface area contributed by atoms with Gasteiger partial charge in [-0.15, -0.1) is 0 Å². The molecule has 1 N–H and O–H groups in total. The van der Waals surface area contributed by atoms with Gasteiger partial charge in [-0.3, -0.25) is 19.2 Å². The van der Waals surface area contributed by atoms with E-state index in [9.17, 15) is 23.3 Å². The highest BCUT2D eigenvalue weighted by atomic mass is 32.2. The van der Waals surface area contributed by atoms with E-state index in [1.54, 1.807) is 36.4 Å². The van der Waals surface area contributed by atoms with E-state index in [1.165, 1.54) is 38.3 Å². The van der Waals surface area contributed by atoms with Gasteiger partial charge in [-0.05, 0) is 63.2 Å². The molecule has 0 saturated carbocycles. The standard InChI is InChI=1S/C25H27N3O7S/c1-17(2)35-22-7-5-6-19(14-22)26-25(29)16-27(20-9-11-21(34-4)12-10-20)36(32,33)23-13-8-18(3)24(15-23)28(30)31/h5-15,17H,16H2,1-4H3,(H,26,29).